The molecule has 0 aromatic rings. The van der Waals surface area contributed by atoms with Gasteiger partial charge in [-0.25, -0.2) is 5.11 Å². The van der Waals surface area contributed by atoms with E-state index in [1.54, 1.807) is 0 Å². The fourth-order valence-corrected chi connectivity index (χ4v) is 1.69. The van der Waals surface area contributed by atoms with Gasteiger partial charge in [-0.15, -0.1) is 11.6 Å². The van der Waals surface area contributed by atoms with Crippen LogP contribution in [0.3, 0.4) is 0 Å². The van der Waals surface area contributed by atoms with E-state index in [-0.39, 0.29) is 5.38 Å². The maximum absolute atomic E-state index is 11.1. The zero-order valence-electron chi connectivity index (χ0n) is 6.18. The van der Waals surface area contributed by atoms with Crippen LogP contribution in [0.2, 0.25) is 0 Å². The van der Waals surface area contributed by atoms with Gasteiger partial charge in [0, 0.05) is 0 Å². The van der Waals surface area contributed by atoms with Gasteiger partial charge in [-0.05, 0) is 12.8 Å². The van der Waals surface area contributed by atoms with Crippen LogP contribution in [-0.2, 0) is 5.11 Å². The molecule has 1 nitrogen and oxygen atoms in total. The van der Waals surface area contributed by atoms with E-state index in [2.05, 4.69) is 0 Å². The molecule has 2 unspecified atom stereocenters. The standard InChI is InChI=1S/C8H14ClO/c9-7-5-3-1-2-4-6-8(7)10/h7-8H,1-6H2. The van der Waals surface area contributed by atoms with Crippen LogP contribution in [0.5, 0.6) is 0 Å². The normalized spacial score (nSPS) is 36.6. The first-order valence-electron chi connectivity index (χ1n) is 4.10. The molecule has 0 aliphatic heterocycles. The van der Waals surface area contributed by atoms with Crippen molar-refractivity contribution in [2.45, 2.75) is 50.0 Å². The molecule has 1 rings (SSSR count). The summed E-state index contributed by atoms with van der Waals surface area (Å²) in [6.45, 7) is 0. The van der Waals surface area contributed by atoms with Crippen LogP contribution in [0.4, 0.5) is 0 Å². The second-order valence-corrected chi connectivity index (χ2v) is 3.61. The summed E-state index contributed by atoms with van der Waals surface area (Å²) < 4.78 is 0. The highest BCUT2D eigenvalue weighted by atomic mass is 35.5. The Labute approximate surface area is 67.4 Å². The summed E-state index contributed by atoms with van der Waals surface area (Å²) in [5.41, 5.74) is 0. The topological polar surface area (TPSA) is 19.9 Å². The van der Waals surface area contributed by atoms with Crippen molar-refractivity contribution in [3.8, 4) is 0 Å². The fourth-order valence-electron chi connectivity index (χ4n) is 1.41. The lowest BCUT2D eigenvalue weighted by Crippen LogP contribution is -2.20. The molecule has 0 aromatic carbocycles. The van der Waals surface area contributed by atoms with E-state index in [1.165, 1.54) is 12.8 Å². The van der Waals surface area contributed by atoms with Crippen LogP contribution in [0.15, 0.2) is 0 Å². The molecule has 1 aliphatic carbocycles. The highest BCUT2D eigenvalue weighted by Crippen LogP contribution is 2.21. The molecule has 2 heteroatoms. The van der Waals surface area contributed by atoms with E-state index in [0.29, 0.717) is 0 Å². The Hall–Kier alpha value is 0.250. The first-order valence-corrected chi connectivity index (χ1v) is 4.54. The van der Waals surface area contributed by atoms with Crippen LogP contribution in [-0.4, -0.2) is 11.5 Å². The average molecular weight is 162 g/mol. The first-order chi connectivity index (χ1) is 4.80. The van der Waals surface area contributed by atoms with Crippen LogP contribution >= 0.6 is 11.6 Å². The Bertz CT molecular complexity index is 83.3. The van der Waals surface area contributed by atoms with Gasteiger partial charge in [0.25, 0.3) is 0 Å². The predicted molar refractivity (Wildman–Crippen MR) is 41.8 cm³/mol. The Morgan fingerprint density at radius 3 is 2.30 bits per heavy atom. The van der Waals surface area contributed by atoms with E-state index in [4.69, 9.17) is 11.6 Å². The molecule has 0 bridgehead atoms. The third-order valence-corrected chi connectivity index (χ3v) is 2.62. The summed E-state index contributed by atoms with van der Waals surface area (Å²) in [6, 6.07) is 0. The molecule has 1 fully saturated rings. The lowest BCUT2D eigenvalue weighted by molar-refractivity contribution is 0.0687. The largest absolute Gasteiger partial charge is 0.231 e. The quantitative estimate of drug-likeness (QED) is 0.487. The molecule has 0 heterocycles. The van der Waals surface area contributed by atoms with Gasteiger partial charge in [-0.2, -0.15) is 0 Å². The molecule has 59 valence electrons. The number of hydrogen-bond donors (Lipinski definition) is 0. The molecule has 0 amide bonds. The lowest BCUT2D eigenvalue weighted by atomic mass is 9.98. The number of halogens is 1. The van der Waals surface area contributed by atoms with E-state index < -0.39 is 6.10 Å². The highest BCUT2D eigenvalue weighted by molar-refractivity contribution is 6.21. The van der Waals surface area contributed by atoms with Gasteiger partial charge in [-0.3, -0.25) is 0 Å². The van der Waals surface area contributed by atoms with E-state index in [1.807, 2.05) is 0 Å². The molecule has 1 aliphatic rings. The van der Waals surface area contributed by atoms with Crippen LogP contribution < -0.4 is 0 Å². The number of rotatable bonds is 0. The third-order valence-electron chi connectivity index (χ3n) is 2.12. The van der Waals surface area contributed by atoms with E-state index in [0.717, 1.165) is 25.7 Å². The minimum Gasteiger partial charge on any atom is -0.231 e. The van der Waals surface area contributed by atoms with Crippen molar-refractivity contribution in [3.63, 3.8) is 0 Å². The highest BCUT2D eigenvalue weighted by Gasteiger charge is 2.18. The van der Waals surface area contributed by atoms with Gasteiger partial charge in [0.05, 0.1) is 5.38 Å². The Morgan fingerprint density at radius 2 is 1.60 bits per heavy atom. The molecular formula is C8H14ClO. The van der Waals surface area contributed by atoms with Crippen molar-refractivity contribution >= 4 is 11.6 Å². The molecule has 10 heavy (non-hydrogen) atoms. The second kappa shape index (κ2) is 4.20. The number of alkyl halides is 1. The zero-order chi connectivity index (χ0) is 7.40. The summed E-state index contributed by atoms with van der Waals surface area (Å²) >= 11 is 5.83. The molecule has 0 N–H and O–H groups in total. The molecule has 0 spiro atoms. The van der Waals surface area contributed by atoms with Crippen LogP contribution in [0, 0.1) is 0 Å². The monoisotopic (exact) mass is 161 g/mol. The molecule has 2 atom stereocenters. The van der Waals surface area contributed by atoms with Gasteiger partial charge in [0.15, 0.2) is 0 Å². The summed E-state index contributed by atoms with van der Waals surface area (Å²) in [5, 5.41) is 11.0. The Balaban J connectivity index is 2.28. The third kappa shape index (κ3) is 2.47. The smallest absolute Gasteiger partial charge is 0.109 e. The van der Waals surface area contributed by atoms with Gasteiger partial charge in [0.1, 0.15) is 6.10 Å². The van der Waals surface area contributed by atoms with Gasteiger partial charge in [-0.1, -0.05) is 25.7 Å². The van der Waals surface area contributed by atoms with Gasteiger partial charge >= 0.3 is 0 Å². The first kappa shape index (κ1) is 8.35. The van der Waals surface area contributed by atoms with Gasteiger partial charge < -0.3 is 0 Å². The molecular weight excluding hydrogens is 148 g/mol. The SMILES string of the molecule is [O]C1CCCCCCC1Cl. The van der Waals surface area contributed by atoms with Crippen molar-refractivity contribution in [1.82, 2.24) is 0 Å². The maximum Gasteiger partial charge on any atom is 0.109 e. The molecule has 0 aromatic heterocycles. The van der Waals surface area contributed by atoms with Crippen molar-refractivity contribution in [2.24, 2.45) is 0 Å². The minimum absolute atomic E-state index is 0.0969. The second-order valence-electron chi connectivity index (χ2n) is 3.05. The average Bonchev–Trinajstić information content (AvgIpc) is 1.92. The minimum atomic E-state index is -0.498. The lowest BCUT2D eigenvalue weighted by Gasteiger charge is -2.17. The molecule has 1 radical (unpaired) electrons. The molecule has 0 saturated heterocycles. The summed E-state index contributed by atoms with van der Waals surface area (Å²) in [7, 11) is 0. The van der Waals surface area contributed by atoms with Crippen molar-refractivity contribution < 1.29 is 5.11 Å². The Morgan fingerprint density at radius 1 is 1.00 bits per heavy atom. The Kier molecular flexibility index (Phi) is 3.50. The van der Waals surface area contributed by atoms with E-state index in [9.17, 15) is 5.11 Å². The summed E-state index contributed by atoms with van der Waals surface area (Å²) in [5.74, 6) is 0. The van der Waals surface area contributed by atoms with Crippen LogP contribution in [0.25, 0.3) is 0 Å². The molecule has 1 saturated carbocycles. The summed E-state index contributed by atoms with van der Waals surface area (Å²) in [4.78, 5) is 0. The maximum atomic E-state index is 11.1. The van der Waals surface area contributed by atoms with Crippen molar-refractivity contribution in [3.05, 3.63) is 0 Å². The fraction of sp³-hybridized carbons (Fsp3) is 1.00. The zero-order valence-corrected chi connectivity index (χ0v) is 6.94. The van der Waals surface area contributed by atoms with Crippen molar-refractivity contribution in [1.29, 1.82) is 0 Å². The van der Waals surface area contributed by atoms with Crippen LogP contribution in [0.1, 0.15) is 38.5 Å². The van der Waals surface area contributed by atoms with Gasteiger partial charge in [0.2, 0.25) is 0 Å². The summed E-state index contributed by atoms with van der Waals surface area (Å²) in [6.07, 6.45) is 5.92. The van der Waals surface area contributed by atoms with Crippen molar-refractivity contribution in [2.75, 3.05) is 0 Å². The number of hydrogen-bond acceptors (Lipinski definition) is 0. The van der Waals surface area contributed by atoms with E-state index >= 15 is 0 Å². The predicted octanol–water partition coefficient (Wildman–Crippen LogP) is 2.75.